The van der Waals surface area contributed by atoms with Gasteiger partial charge in [-0.3, -0.25) is 0 Å². The molecule has 2 N–H and O–H groups in total. The highest BCUT2D eigenvalue weighted by molar-refractivity contribution is 9.10. The van der Waals surface area contributed by atoms with E-state index in [-0.39, 0.29) is 6.61 Å². The van der Waals surface area contributed by atoms with E-state index in [2.05, 4.69) is 30.6 Å². The summed E-state index contributed by atoms with van der Waals surface area (Å²) < 4.78 is 16.4. The minimum atomic E-state index is 0.210. The SMILES string of the molecule is COc1cc(CCN)cc(Br)c1OCc1ncon1. The molecule has 0 fully saturated rings. The van der Waals surface area contributed by atoms with Crippen LogP contribution < -0.4 is 15.2 Å². The van der Waals surface area contributed by atoms with Crippen molar-refractivity contribution in [2.24, 2.45) is 5.73 Å². The number of benzene rings is 1. The number of hydrogen-bond donors (Lipinski definition) is 1. The highest BCUT2D eigenvalue weighted by Crippen LogP contribution is 2.37. The minimum absolute atomic E-state index is 0.210. The first-order chi connectivity index (χ1) is 9.24. The summed E-state index contributed by atoms with van der Waals surface area (Å²) in [6.07, 6.45) is 2.04. The predicted molar refractivity (Wildman–Crippen MR) is 72.1 cm³/mol. The minimum Gasteiger partial charge on any atom is -0.493 e. The monoisotopic (exact) mass is 327 g/mol. The van der Waals surface area contributed by atoms with E-state index < -0.39 is 0 Å². The van der Waals surface area contributed by atoms with Gasteiger partial charge in [0.2, 0.25) is 12.2 Å². The van der Waals surface area contributed by atoms with Crippen molar-refractivity contribution >= 4 is 15.9 Å². The average molecular weight is 328 g/mol. The first kappa shape index (κ1) is 13.8. The summed E-state index contributed by atoms with van der Waals surface area (Å²) in [5, 5.41) is 3.68. The van der Waals surface area contributed by atoms with Crippen LogP contribution in [-0.2, 0) is 13.0 Å². The molecule has 0 saturated carbocycles. The van der Waals surface area contributed by atoms with E-state index in [1.165, 1.54) is 6.39 Å². The lowest BCUT2D eigenvalue weighted by atomic mass is 10.1. The van der Waals surface area contributed by atoms with Gasteiger partial charge in [-0.1, -0.05) is 5.16 Å². The van der Waals surface area contributed by atoms with Crippen LogP contribution in [0, 0.1) is 0 Å². The number of hydrogen-bond acceptors (Lipinski definition) is 6. The summed E-state index contributed by atoms with van der Waals surface area (Å²) in [6.45, 7) is 0.792. The smallest absolute Gasteiger partial charge is 0.213 e. The number of ether oxygens (including phenoxy) is 2. The van der Waals surface area contributed by atoms with Crippen molar-refractivity contribution in [1.82, 2.24) is 10.1 Å². The van der Waals surface area contributed by atoms with Gasteiger partial charge in [0.25, 0.3) is 0 Å². The molecule has 0 saturated heterocycles. The van der Waals surface area contributed by atoms with E-state index in [9.17, 15) is 0 Å². The molecular formula is C12H14BrN3O3. The van der Waals surface area contributed by atoms with E-state index in [1.807, 2.05) is 12.1 Å². The molecule has 0 radical (unpaired) electrons. The average Bonchev–Trinajstić information content (AvgIpc) is 2.90. The van der Waals surface area contributed by atoms with Crippen LogP contribution >= 0.6 is 15.9 Å². The molecule has 0 aliphatic heterocycles. The van der Waals surface area contributed by atoms with Gasteiger partial charge in [-0.25, -0.2) is 0 Å². The summed E-state index contributed by atoms with van der Waals surface area (Å²) in [5.41, 5.74) is 6.63. The highest BCUT2D eigenvalue weighted by atomic mass is 79.9. The Balaban J connectivity index is 2.18. The predicted octanol–water partition coefficient (Wildman–Crippen LogP) is 1.92. The van der Waals surface area contributed by atoms with Gasteiger partial charge >= 0.3 is 0 Å². The Morgan fingerprint density at radius 2 is 2.26 bits per heavy atom. The Bertz CT molecular complexity index is 531. The molecular weight excluding hydrogens is 314 g/mol. The second-order valence-electron chi connectivity index (χ2n) is 3.78. The molecule has 0 aliphatic carbocycles. The largest absolute Gasteiger partial charge is 0.493 e. The zero-order chi connectivity index (χ0) is 13.7. The number of nitrogens with zero attached hydrogens (tertiary/aromatic N) is 2. The molecule has 102 valence electrons. The number of rotatable bonds is 6. The Labute approximate surface area is 119 Å². The molecule has 0 spiro atoms. The first-order valence-electron chi connectivity index (χ1n) is 5.69. The Morgan fingerprint density at radius 1 is 1.42 bits per heavy atom. The van der Waals surface area contributed by atoms with E-state index in [1.54, 1.807) is 7.11 Å². The van der Waals surface area contributed by atoms with Gasteiger partial charge in [-0.2, -0.15) is 4.98 Å². The number of methoxy groups -OCH3 is 1. The quantitative estimate of drug-likeness (QED) is 0.872. The number of nitrogens with two attached hydrogens (primary N) is 1. The molecule has 1 aromatic heterocycles. The molecule has 6 nitrogen and oxygen atoms in total. The van der Waals surface area contributed by atoms with E-state index in [0.29, 0.717) is 23.9 Å². The maximum Gasteiger partial charge on any atom is 0.213 e. The van der Waals surface area contributed by atoms with Crippen LogP contribution in [0.25, 0.3) is 0 Å². The van der Waals surface area contributed by atoms with Crippen molar-refractivity contribution in [2.75, 3.05) is 13.7 Å². The second kappa shape index (κ2) is 6.53. The molecule has 0 atom stereocenters. The third kappa shape index (κ3) is 3.45. The van der Waals surface area contributed by atoms with Crippen molar-refractivity contribution in [3.63, 3.8) is 0 Å². The molecule has 19 heavy (non-hydrogen) atoms. The molecule has 2 rings (SSSR count). The van der Waals surface area contributed by atoms with Crippen LogP contribution in [0.4, 0.5) is 0 Å². The molecule has 1 aromatic carbocycles. The molecule has 7 heteroatoms. The van der Waals surface area contributed by atoms with Crippen molar-refractivity contribution in [3.05, 3.63) is 34.4 Å². The summed E-state index contributed by atoms with van der Waals surface area (Å²) in [6, 6.07) is 3.87. The summed E-state index contributed by atoms with van der Waals surface area (Å²) in [4.78, 5) is 3.89. The van der Waals surface area contributed by atoms with Gasteiger partial charge < -0.3 is 19.7 Å². The molecule has 1 heterocycles. The highest BCUT2D eigenvalue weighted by Gasteiger charge is 2.12. The van der Waals surface area contributed by atoms with E-state index in [4.69, 9.17) is 15.2 Å². The zero-order valence-electron chi connectivity index (χ0n) is 10.4. The van der Waals surface area contributed by atoms with Crippen molar-refractivity contribution in [2.45, 2.75) is 13.0 Å². The molecule has 2 aromatic rings. The van der Waals surface area contributed by atoms with Gasteiger partial charge in [0, 0.05) is 0 Å². The summed E-state index contributed by atoms with van der Waals surface area (Å²) in [5.74, 6) is 1.72. The van der Waals surface area contributed by atoms with Crippen LogP contribution in [0.2, 0.25) is 0 Å². The van der Waals surface area contributed by atoms with E-state index >= 15 is 0 Å². The van der Waals surface area contributed by atoms with Gasteiger partial charge in [-0.15, -0.1) is 0 Å². The fourth-order valence-corrected chi connectivity index (χ4v) is 2.22. The van der Waals surface area contributed by atoms with Crippen LogP contribution in [-0.4, -0.2) is 23.8 Å². The lowest BCUT2D eigenvalue weighted by Gasteiger charge is -2.13. The maximum atomic E-state index is 5.65. The van der Waals surface area contributed by atoms with Gasteiger partial charge in [-0.05, 0) is 46.6 Å². The van der Waals surface area contributed by atoms with Crippen LogP contribution in [0.3, 0.4) is 0 Å². The maximum absolute atomic E-state index is 5.65. The Hall–Kier alpha value is -1.60. The number of aromatic nitrogens is 2. The first-order valence-corrected chi connectivity index (χ1v) is 6.48. The second-order valence-corrected chi connectivity index (χ2v) is 4.64. The van der Waals surface area contributed by atoms with E-state index in [0.717, 1.165) is 16.5 Å². The van der Waals surface area contributed by atoms with Crippen LogP contribution in [0.15, 0.2) is 27.5 Å². The summed E-state index contributed by atoms with van der Waals surface area (Å²) in [7, 11) is 1.59. The fourth-order valence-electron chi connectivity index (χ4n) is 1.62. The molecule has 0 amide bonds. The molecule has 0 aliphatic rings. The zero-order valence-corrected chi connectivity index (χ0v) is 12.0. The lowest BCUT2D eigenvalue weighted by molar-refractivity contribution is 0.268. The third-order valence-corrected chi connectivity index (χ3v) is 3.06. The lowest BCUT2D eigenvalue weighted by Crippen LogP contribution is -2.04. The van der Waals surface area contributed by atoms with Gasteiger partial charge in [0.05, 0.1) is 11.6 Å². The molecule has 0 bridgehead atoms. The van der Waals surface area contributed by atoms with Crippen molar-refractivity contribution in [3.8, 4) is 11.5 Å². The van der Waals surface area contributed by atoms with Crippen LogP contribution in [0.1, 0.15) is 11.4 Å². The third-order valence-electron chi connectivity index (χ3n) is 2.47. The van der Waals surface area contributed by atoms with Crippen molar-refractivity contribution < 1.29 is 14.0 Å². The number of halogens is 1. The Morgan fingerprint density at radius 3 is 2.89 bits per heavy atom. The standard InChI is InChI=1S/C12H14BrN3O3/c1-17-10-5-8(2-3-14)4-9(13)12(10)18-6-11-15-7-19-16-11/h4-5,7H,2-3,6,14H2,1H3. The normalized spacial score (nSPS) is 10.5. The van der Waals surface area contributed by atoms with Crippen LogP contribution in [0.5, 0.6) is 11.5 Å². The Kier molecular flexibility index (Phi) is 4.75. The fraction of sp³-hybridized carbons (Fsp3) is 0.333. The van der Waals surface area contributed by atoms with Crippen molar-refractivity contribution in [1.29, 1.82) is 0 Å². The van der Waals surface area contributed by atoms with Gasteiger partial charge in [0.1, 0.15) is 0 Å². The summed E-state index contributed by atoms with van der Waals surface area (Å²) >= 11 is 3.46. The topological polar surface area (TPSA) is 83.4 Å². The van der Waals surface area contributed by atoms with Gasteiger partial charge in [0.15, 0.2) is 18.1 Å². The molecule has 0 unspecified atom stereocenters.